The van der Waals surface area contributed by atoms with Crippen molar-refractivity contribution >= 4 is 29.2 Å². The normalized spacial score (nSPS) is 13.6. The van der Waals surface area contributed by atoms with Crippen LogP contribution in [0, 0.1) is 19.7 Å². The summed E-state index contributed by atoms with van der Waals surface area (Å²) in [7, 11) is 0. The molecule has 1 aliphatic rings. The highest BCUT2D eigenvalue weighted by molar-refractivity contribution is 5.60. The maximum atomic E-state index is 13.2. The van der Waals surface area contributed by atoms with Crippen molar-refractivity contribution in [2.45, 2.75) is 26.7 Å². The van der Waals surface area contributed by atoms with Gasteiger partial charge >= 0.3 is 0 Å². The summed E-state index contributed by atoms with van der Waals surface area (Å²) in [5, 5.41) is 6.44. The summed E-state index contributed by atoms with van der Waals surface area (Å²) in [6, 6.07) is 12.4. The van der Waals surface area contributed by atoms with Crippen LogP contribution in [0.15, 0.2) is 42.5 Å². The van der Waals surface area contributed by atoms with Crippen molar-refractivity contribution in [2.24, 2.45) is 0 Å². The highest BCUT2D eigenvalue weighted by Crippen LogP contribution is 2.23. The first-order chi connectivity index (χ1) is 13.5. The summed E-state index contributed by atoms with van der Waals surface area (Å²) >= 11 is 0. The molecule has 1 saturated heterocycles. The Bertz CT molecular complexity index is 947. The van der Waals surface area contributed by atoms with Crippen LogP contribution in [0.25, 0.3) is 0 Å². The summed E-state index contributed by atoms with van der Waals surface area (Å²) in [6.45, 7) is 5.98. The molecule has 3 aromatic rings. The van der Waals surface area contributed by atoms with Crippen molar-refractivity contribution in [1.82, 2.24) is 15.0 Å². The summed E-state index contributed by atoms with van der Waals surface area (Å²) in [5.41, 5.74) is 3.99. The van der Waals surface area contributed by atoms with Gasteiger partial charge in [0.25, 0.3) is 0 Å². The molecule has 1 fully saturated rings. The maximum absolute atomic E-state index is 13.2. The zero-order valence-electron chi connectivity index (χ0n) is 16.0. The van der Waals surface area contributed by atoms with Crippen molar-refractivity contribution < 1.29 is 4.39 Å². The highest BCUT2D eigenvalue weighted by atomic mass is 19.1. The van der Waals surface area contributed by atoms with E-state index in [1.54, 1.807) is 12.1 Å². The number of halogens is 1. The number of aryl methyl sites for hydroxylation is 2. The Morgan fingerprint density at radius 3 is 1.96 bits per heavy atom. The summed E-state index contributed by atoms with van der Waals surface area (Å²) < 4.78 is 13.2. The lowest BCUT2D eigenvalue weighted by atomic mass is 10.1. The number of nitrogens with one attached hydrogen (secondary N) is 2. The molecule has 2 aromatic carbocycles. The van der Waals surface area contributed by atoms with E-state index < -0.39 is 0 Å². The largest absolute Gasteiger partial charge is 0.341 e. The van der Waals surface area contributed by atoms with E-state index in [4.69, 9.17) is 0 Å². The van der Waals surface area contributed by atoms with Crippen molar-refractivity contribution in [1.29, 1.82) is 0 Å². The standard InChI is InChI=1S/C21H23FN6/c1-14-11-15(2)13-18(12-14)24-20-25-19(23-17-7-5-16(22)6-8-17)26-21(27-20)28-9-3-4-10-28/h5-8,11-13H,3-4,9-10H2,1-2H3,(H2,23,24,25,26,27). The fourth-order valence-corrected chi connectivity index (χ4v) is 3.37. The highest BCUT2D eigenvalue weighted by Gasteiger charge is 2.18. The Balaban J connectivity index is 1.65. The quantitative estimate of drug-likeness (QED) is 0.670. The van der Waals surface area contributed by atoms with Gasteiger partial charge in [0.15, 0.2) is 0 Å². The van der Waals surface area contributed by atoms with Crippen molar-refractivity contribution in [3.63, 3.8) is 0 Å². The molecule has 28 heavy (non-hydrogen) atoms. The monoisotopic (exact) mass is 378 g/mol. The molecule has 0 bridgehead atoms. The van der Waals surface area contributed by atoms with Gasteiger partial charge in [0.2, 0.25) is 17.8 Å². The minimum Gasteiger partial charge on any atom is -0.341 e. The fourth-order valence-electron chi connectivity index (χ4n) is 3.37. The summed E-state index contributed by atoms with van der Waals surface area (Å²) in [5.74, 6) is 1.27. The molecule has 0 amide bonds. The molecule has 0 aliphatic carbocycles. The average molecular weight is 378 g/mol. The Morgan fingerprint density at radius 2 is 1.36 bits per heavy atom. The minimum atomic E-state index is -0.281. The molecule has 0 atom stereocenters. The Morgan fingerprint density at radius 1 is 0.786 bits per heavy atom. The van der Waals surface area contributed by atoms with Crippen LogP contribution in [0.1, 0.15) is 24.0 Å². The predicted molar refractivity (Wildman–Crippen MR) is 110 cm³/mol. The molecule has 6 nitrogen and oxygen atoms in total. The van der Waals surface area contributed by atoms with Crippen LogP contribution in [0.4, 0.5) is 33.6 Å². The third-order valence-corrected chi connectivity index (χ3v) is 4.59. The SMILES string of the molecule is Cc1cc(C)cc(Nc2nc(Nc3ccc(F)cc3)nc(N3CCCC3)n2)c1. The van der Waals surface area contributed by atoms with Gasteiger partial charge in [-0.15, -0.1) is 0 Å². The van der Waals surface area contributed by atoms with Crippen LogP contribution in [0.3, 0.4) is 0 Å². The lowest BCUT2D eigenvalue weighted by Crippen LogP contribution is -2.21. The molecular weight excluding hydrogens is 355 g/mol. The number of benzene rings is 2. The van der Waals surface area contributed by atoms with Gasteiger partial charge in [-0.25, -0.2) is 4.39 Å². The molecule has 0 unspecified atom stereocenters. The first-order valence-electron chi connectivity index (χ1n) is 9.44. The minimum absolute atomic E-state index is 0.281. The van der Waals surface area contributed by atoms with Gasteiger partial charge in [0, 0.05) is 24.5 Å². The van der Waals surface area contributed by atoms with E-state index in [2.05, 4.69) is 62.5 Å². The van der Waals surface area contributed by atoms with Gasteiger partial charge in [-0.1, -0.05) is 6.07 Å². The molecule has 0 saturated carbocycles. The van der Waals surface area contributed by atoms with Crippen LogP contribution >= 0.6 is 0 Å². The van der Waals surface area contributed by atoms with Gasteiger partial charge in [0.1, 0.15) is 5.82 Å². The smallest absolute Gasteiger partial charge is 0.233 e. The van der Waals surface area contributed by atoms with Gasteiger partial charge < -0.3 is 15.5 Å². The number of aromatic nitrogens is 3. The average Bonchev–Trinajstić information content (AvgIpc) is 3.17. The second-order valence-electron chi connectivity index (χ2n) is 7.11. The van der Waals surface area contributed by atoms with E-state index in [-0.39, 0.29) is 5.82 Å². The molecular formula is C21H23FN6. The van der Waals surface area contributed by atoms with Gasteiger partial charge in [-0.3, -0.25) is 0 Å². The lowest BCUT2D eigenvalue weighted by Gasteiger charge is -2.17. The third kappa shape index (κ3) is 4.36. The third-order valence-electron chi connectivity index (χ3n) is 4.59. The first kappa shape index (κ1) is 18.2. The second kappa shape index (κ2) is 7.80. The van der Waals surface area contributed by atoms with Crippen molar-refractivity contribution in [3.8, 4) is 0 Å². The van der Waals surface area contributed by atoms with Crippen LogP contribution in [-0.2, 0) is 0 Å². The van der Waals surface area contributed by atoms with Crippen LogP contribution < -0.4 is 15.5 Å². The van der Waals surface area contributed by atoms with Gasteiger partial charge in [0.05, 0.1) is 0 Å². The summed E-state index contributed by atoms with van der Waals surface area (Å²) in [4.78, 5) is 15.9. The molecule has 2 N–H and O–H groups in total. The Hall–Kier alpha value is -3.22. The number of hydrogen-bond donors (Lipinski definition) is 2. The molecule has 1 aromatic heterocycles. The number of anilines is 5. The van der Waals surface area contributed by atoms with E-state index in [1.165, 1.54) is 23.3 Å². The molecule has 0 spiro atoms. The van der Waals surface area contributed by atoms with E-state index in [0.29, 0.717) is 17.8 Å². The molecule has 4 rings (SSSR count). The Labute approximate surface area is 163 Å². The molecule has 0 radical (unpaired) electrons. The molecule has 7 heteroatoms. The number of nitrogens with zero attached hydrogens (tertiary/aromatic N) is 4. The zero-order chi connectivity index (χ0) is 19.5. The van der Waals surface area contributed by atoms with E-state index in [0.717, 1.165) is 37.3 Å². The lowest BCUT2D eigenvalue weighted by molar-refractivity contribution is 0.628. The van der Waals surface area contributed by atoms with Gasteiger partial charge in [-0.05, 0) is 74.2 Å². The van der Waals surface area contributed by atoms with Crippen LogP contribution in [0.2, 0.25) is 0 Å². The Kier molecular flexibility index (Phi) is 5.06. The molecule has 144 valence electrons. The number of rotatable bonds is 5. The van der Waals surface area contributed by atoms with Crippen molar-refractivity contribution in [3.05, 3.63) is 59.4 Å². The number of hydrogen-bond acceptors (Lipinski definition) is 6. The van der Waals surface area contributed by atoms with Crippen LogP contribution in [0.5, 0.6) is 0 Å². The zero-order valence-corrected chi connectivity index (χ0v) is 16.0. The molecule has 1 aliphatic heterocycles. The van der Waals surface area contributed by atoms with Crippen LogP contribution in [-0.4, -0.2) is 28.0 Å². The van der Waals surface area contributed by atoms with E-state index in [9.17, 15) is 4.39 Å². The van der Waals surface area contributed by atoms with Crippen molar-refractivity contribution in [2.75, 3.05) is 28.6 Å². The predicted octanol–water partition coefficient (Wildman–Crippen LogP) is 4.71. The second-order valence-corrected chi connectivity index (χ2v) is 7.11. The first-order valence-corrected chi connectivity index (χ1v) is 9.44. The van der Waals surface area contributed by atoms with E-state index in [1.807, 2.05) is 0 Å². The van der Waals surface area contributed by atoms with Gasteiger partial charge in [-0.2, -0.15) is 15.0 Å². The van der Waals surface area contributed by atoms with E-state index >= 15 is 0 Å². The maximum Gasteiger partial charge on any atom is 0.233 e. The fraction of sp³-hybridized carbons (Fsp3) is 0.286. The topological polar surface area (TPSA) is 66.0 Å². The summed E-state index contributed by atoms with van der Waals surface area (Å²) in [6.07, 6.45) is 2.26. The molecule has 2 heterocycles.